The molecule has 1 fully saturated rings. The highest BCUT2D eigenvalue weighted by Gasteiger charge is 2.18. The van der Waals surface area contributed by atoms with Gasteiger partial charge in [0, 0.05) is 12.7 Å². The van der Waals surface area contributed by atoms with Crippen molar-refractivity contribution in [2.24, 2.45) is 5.92 Å². The number of aryl methyl sites for hydroxylation is 2. The number of hydrogen-bond acceptors (Lipinski definition) is 2. The highest BCUT2D eigenvalue weighted by Crippen LogP contribution is 2.22. The first-order valence-corrected chi connectivity index (χ1v) is 8.38. The maximum Gasteiger partial charge on any atom is 0.270 e. The fourth-order valence-corrected chi connectivity index (χ4v) is 3.43. The molecule has 0 bridgehead atoms. The van der Waals surface area contributed by atoms with Crippen molar-refractivity contribution in [3.05, 3.63) is 35.3 Å². The summed E-state index contributed by atoms with van der Waals surface area (Å²) >= 11 is 0. The quantitative estimate of drug-likeness (QED) is 0.879. The van der Waals surface area contributed by atoms with Crippen molar-refractivity contribution in [1.82, 2.24) is 14.7 Å². The summed E-state index contributed by atoms with van der Waals surface area (Å²) in [5.41, 5.74) is 3.43. The second-order valence-corrected chi connectivity index (χ2v) is 6.55. The minimum atomic E-state index is -0.000142. The van der Waals surface area contributed by atoms with Gasteiger partial charge in [0.05, 0.1) is 5.69 Å². The van der Waals surface area contributed by atoms with Gasteiger partial charge >= 0.3 is 0 Å². The van der Waals surface area contributed by atoms with Crippen LogP contribution in [0.25, 0.3) is 5.65 Å². The molecule has 1 N–H and O–H groups in total. The van der Waals surface area contributed by atoms with Crippen LogP contribution in [0.4, 0.5) is 0 Å². The third-order valence-corrected chi connectivity index (χ3v) is 4.68. The normalized spacial score (nSPS) is 16.6. The number of amides is 1. The minimum Gasteiger partial charge on any atom is -0.350 e. The van der Waals surface area contributed by atoms with Crippen molar-refractivity contribution >= 4 is 11.6 Å². The van der Waals surface area contributed by atoms with Gasteiger partial charge in [-0.15, -0.1) is 0 Å². The fraction of sp³-hybridized carbons (Fsp3) is 0.556. The zero-order valence-corrected chi connectivity index (χ0v) is 13.6. The SMILES string of the molecule is Cc1ccc2nc(C)c(C(=O)NCC3CCCCCC3)n2c1. The molecule has 0 radical (unpaired) electrons. The zero-order valence-electron chi connectivity index (χ0n) is 13.6. The molecule has 0 unspecified atom stereocenters. The smallest absolute Gasteiger partial charge is 0.270 e. The predicted octanol–water partition coefficient (Wildman–Crippen LogP) is 3.65. The van der Waals surface area contributed by atoms with E-state index in [-0.39, 0.29) is 5.91 Å². The Kier molecular flexibility index (Phi) is 4.46. The van der Waals surface area contributed by atoms with E-state index in [9.17, 15) is 4.79 Å². The Bertz CT molecular complexity index is 666. The van der Waals surface area contributed by atoms with Crippen LogP contribution in [0.3, 0.4) is 0 Å². The molecular formula is C18H25N3O. The number of aromatic nitrogens is 2. The number of hydrogen-bond donors (Lipinski definition) is 1. The standard InChI is InChI=1S/C18H25N3O/c1-13-9-10-16-20-14(2)17(21(16)12-13)18(22)19-11-15-7-5-3-4-6-8-15/h9-10,12,15H,3-8,11H2,1-2H3,(H,19,22). The number of pyridine rings is 1. The molecule has 118 valence electrons. The number of nitrogens with zero attached hydrogens (tertiary/aromatic N) is 2. The summed E-state index contributed by atoms with van der Waals surface area (Å²) < 4.78 is 1.91. The van der Waals surface area contributed by atoms with Gasteiger partial charge in [-0.3, -0.25) is 9.20 Å². The van der Waals surface area contributed by atoms with Crippen LogP contribution in [0.15, 0.2) is 18.3 Å². The maximum atomic E-state index is 12.6. The highest BCUT2D eigenvalue weighted by molar-refractivity contribution is 5.94. The van der Waals surface area contributed by atoms with Crippen LogP contribution in [0.5, 0.6) is 0 Å². The van der Waals surface area contributed by atoms with Crippen molar-refractivity contribution < 1.29 is 4.79 Å². The molecule has 0 aliphatic heterocycles. The Hall–Kier alpha value is -1.84. The van der Waals surface area contributed by atoms with E-state index in [1.807, 2.05) is 36.6 Å². The van der Waals surface area contributed by atoms with Crippen molar-refractivity contribution in [2.45, 2.75) is 52.4 Å². The average Bonchev–Trinajstić information content (AvgIpc) is 2.66. The Labute approximate surface area is 131 Å². The number of rotatable bonds is 3. The summed E-state index contributed by atoms with van der Waals surface area (Å²) in [4.78, 5) is 17.1. The van der Waals surface area contributed by atoms with Gasteiger partial charge in [0.15, 0.2) is 0 Å². The summed E-state index contributed by atoms with van der Waals surface area (Å²) in [7, 11) is 0. The van der Waals surface area contributed by atoms with Crippen LogP contribution < -0.4 is 5.32 Å². The van der Waals surface area contributed by atoms with E-state index in [1.165, 1.54) is 38.5 Å². The fourth-order valence-electron chi connectivity index (χ4n) is 3.43. The number of nitrogens with one attached hydrogen (secondary N) is 1. The molecule has 4 nitrogen and oxygen atoms in total. The molecular weight excluding hydrogens is 274 g/mol. The van der Waals surface area contributed by atoms with Gasteiger partial charge in [0.2, 0.25) is 0 Å². The molecule has 0 atom stereocenters. The van der Waals surface area contributed by atoms with E-state index in [4.69, 9.17) is 0 Å². The minimum absolute atomic E-state index is 0.000142. The lowest BCUT2D eigenvalue weighted by molar-refractivity contribution is 0.0939. The van der Waals surface area contributed by atoms with Crippen LogP contribution in [-0.2, 0) is 0 Å². The van der Waals surface area contributed by atoms with Crippen LogP contribution >= 0.6 is 0 Å². The molecule has 1 aliphatic rings. The Morgan fingerprint density at radius 3 is 2.68 bits per heavy atom. The molecule has 22 heavy (non-hydrogen) atoms. The summed E-state index contributed by atoms with van der Waals surface area (Å²) in [6.45, 7) is 4.72. The summed E-state index contributed by atoms with van der Waals surface area (Å²) in [6.07, 6.45) is 9.75. The Balaban J connectivity index is 1.74. The van der Waals surface area contributed by atoms with Crippen LogP contribution in [0, 0.1) is 19.8 Å². The molecule has 3 rings (SSSR count). The summed E-state index contributed by atoms with van der Waals surface area (Å²) in [5, 5.41) is 3.14. The lowest BCUT2D eigenvalue weighted by atomic mass is 10.0. The van der Waals surface area contributed by atoms with Gasteiger partial charge in [-0.25, -0.2) is 4.98 Å². The first-order chi connectivity index (χ1) is 10.6. The molecule has 2 heterocycles. The van der Waals surface area contributed by atoms with Crippen molar-refractivity contribution in [1.29, 1.82) is 0 Å². The third-order valence-electron chi connectivity index (χ3n) is 4.68. The van der Waals surface area contributed by atoms with Gasteiger partial charge in [-0.05, 0) is 44.2 Å². The number of carbonyl (C=O) groups excluding carboxylic acids is 1. The lowest BCUT2D eigenvalue weighted by Gasteiger charge is -2.15. The van der Waals surface area contributed by atoms with E-state index < -0.39 is 0 Å². The molecule has 0 aromatic carbocycles. The third kappa shape index (κ3) is 3.16. The van der Waals surface area contributed by atoms with Gasteiger partial charge < -0.3 is 5.32 Å². The second kappa shape index (κ2) is 6.51. The monoisotopic (exact) mass is 299 g/mol. The van der Waals surface area contributed by atoms with Crippen molar-refractivity contribution in [2.75, 3.05) is 6.54 Å². The Morgan fingerprint density at radius 2 is 1.95 bits per heavy atom. The molecule has 1 amide bonds. The molecule has 1 aliphatic carbocycles. The van der Waals surface area contributed by atoms with Crippen molar-refractivity contribution in [3.63, 3.8) is 0 Å². The Morgan fingerprint density at radius 1 is 1.23 bits per heavy atom. The predicted molar refractivity (Wildman–Crippen MR) is 88.2 cm³/mol. The second-order valence-electron chi connectivity index (χ2n) is 6.55. The summed E-state index contributed by atoms with van der Waals surface area (Å²) in [5.74, 6) is 0.632. The van der Waals surface area contributed by atoms with Crippen molar-refractivity contribution in [3.8, 4) is 0 Å². The van der Waals surface area contributed by atoms with E-state index in [0.717, 1.165) is 23.4 Å². The van der Waals surface area contributed by atoms with Crippen LogP contribution in [0.2, 0.25) is 0 Å². The average molecular weight is 299 g/mol. The van der Waals surface area contributed by atoms with Gasteiger partial charge in [0.25, 0.3) is 5.91 Å². The van der Waals surface area contributed by atoms with Crippen LogP contribution in [0.1, 0.15) is 60.3 Å². The molecule has 2 aromatic heterocycles. The van der Waals surface area contributed by atoms with E-state index in [0.29, 0.717) is 11.6 Å². The first-order valence-electron chi connectivity index (χ1n) is 8.38. The largest absolute Gasteiger partial charge is 0.350 e. The molecule has 0 saturated heterocycles. The first kappa shape index (κ1) is 15.1. The number of carbonyl (C=O) groups is 1. The van der Waals surface area contributed by atoms with Gasteiger partial charge in [0.1, 0.15) is 11.3 Å². The molecule has 1 saturated carbocycles. The topological polar surface area (TPSA) is 46.4 Å². The maximum absolute atomic E-state index is 12.6. The van der Waals surface area contributed by atoms with Gasteiger partial charge in [-0.1, -0.05) is 31.7 Å². The summed E-state index contributed by atoms with van der Waals surface area (Å²) in [6, 6.07) is 3.99. The van der Waals surface area contributed by atoms with E-state index >= 15 is 0 Å². The zero-order chi connectivity index (χ0) is 15.5. The molecule has 2 aromatic rings. The molecule has 4 heteroatoms. The molecule has 0 spiro atoms. The highest BCUT2D eigenvalue weighted by atomic mass is 16.1. The lowest BCUT2D eigenvalue weighted by Crippen LogP contribution is -2.30. The van der Waals surface area contributed by atoms with Crippen LogP contribution in [-0.4, -0.2) is 21.8 Å². The van der Waals surface area contributed by atoms with E-state index in [1.54, 1.807) is 0 Å². The van der Waals surface area contributed by atoms with Gasteiger partial charge in [-0.2, -0.15) is 0 Å². The number of fused-ring (bicyclic) bond motifs is 1. The van der Waals surface area contributed by atoms with E-state index in [2.05, 4.69) is 10.3 Å². The number of imidazole rings is 1.